The summed E-state index contributed by atoms with van der Waals surface area (Å²) < 4.78 is 41.1. The number of fused-ring (bicyclic) bond motifs is 3. The number of aromatic nitrogens is 2. The van der Waals surface area contributed by atoms with Crippen molar-refractivity contribution in [2.24, 2.45) is 5.92 Å². The number of amides is 5. The van der Waals surface area contributed by atoms with Crippen molar-refractivity contribution in [2.75, 3.05) is 47.8 Å². The molecule has 4 saturated heterocycles. The summed E-state index contributed by atoms with van der Waals surface area (Å²) in [6, 6.07) is 7.91. The third kappa shape index (κ3) is 6.21. The number of alkyl halides is 3. The number of piperazine rings is 1. The third-order valence-corrected chi connectivity index (χ3v) is 13.0. The predicted molar refractivity (Wildman–Crippen MR) is 198 cm³/mol. The number of rotatable bonds is 8. The number of likely N-dealkylation sites (tertiary alicyclic amines) is 1. The standard InChI is InChI=1S/C39H40ClF3N8O5/c40-30-14-23(39(41,42)43)2-5-31(30)45-37(56)38(10-1-11-38)50-21-27(17-44-50)47-12-8-22(9-13-47)18-48-19-26-15-25(48)20-49(26)24-3-4-28-29(16-24)36(55)51(35(28)54)32-6-7-33(52)46-34(32)53/h2-5,14,16-17,21-22,25-26,32H,1,6-13,15,18-20H2,(H,45,56)(H,46,52,53)/t25-,26-,32?/m1/s1. The van der Waals surface area contributed by atoms with E-state index in [0.717, 1.165) is 86.8 Å². The fourth-order valence-corrected chi connectivity index (χ4v) is 9.67. The maximum absolute atomic E-state index is 13.5. The maximum atomic E-state index is 13.5. The Morgan fingerprint density at radius 2 is 1.71 bits per heavy atom. The molecule has 1 aliphatic carbocycles. The molecule has 5 fully saturated rings. The highest BCUT2D eigenvalue weighted by Crippen LogP contribution is 2.43. The molecule has 5 aliphatic heterocycles. The number of hydrogen-bond donors (Lipinski definition) is 2. The van der Waals surface area contributed by atoms with Gasteiger partial charge in [-0.1, -0.05) is 11.6 Å². The van der Waals surface area contributed by atoms with Crippen molar-refractivity contribution < 1.29 is 37.1 Å². The minimum absolute atomic E-state index is 0.0764. The molecule has 1 saturated carbocycles. The Labute approximate surface area is 325 Å². The summed E-state index contributed by atoms with van der Waals surface area (Å²) in [6.45, 7) is 4.42. The summed E-state index contributed by atoms with van der Waals surface area (Å²) in [4.78, 5) is 72.4. The lowest BCUT2D eigenvalue weighted by atomic mass is 9.76. The summed E-state index contributed by atoms with van der Waals surface area (Å²) in [5.74, 6) is -1.86. The van der Waals surface area contributed by atoms with Gasteiger partial charge in [-0.2, -0.15) is 18.3 Å². The highest BCUT2D eigenvalue weighted by atomic mass is 35.5. The molecule has 17 heteroatoms. The van der Waals surface area contributed by atoms with E-state index in [1.807, 2.05) is 12.3 Å². The van der Waals surface area contributed by atoms with E-state index < -0.39 is 46.9 Å². The molecular formula is C39H40ClF3N8O5. The molecule has 13 nitrogen and oxygen atoms in total. The number of carbonyl (C=O) groups excluding carboxylic acids is 5. The molecule has 0 spiro atoms. The van der Waals surface area contributed by atoms with Crippen LogP contribution in [0.15, 0.2) is 48.8 Å². The summed E-state index contributed by atoms with van der Waals surface area (Å²) in [7, 11) is 0. The molecule has 2 bridgehead atoms. The molecule has 2 aromatic carbocycles. The Morgan fingerprint density at radius 3 is 2.38 bits per heavy atom. The van der Waals surface area contributed by atoms with Gasteiger partial charge in [-0.3, -0.25) is 43.8 Å². The first-order chi connectivity index (χ1) is 26.8. The Bertz CT molecular complexity index is 2150. The molecule has 1 unspecified atom stereocenters. The molecule has 6 aliphatic rings. The van der Waals surface area contributed by atoms with E-state index in [0.29, 0.717) is 30.4 Å². The SMILES string of the molecule is O=C1CCC(N2C(=O)c3ccc(N4C[C@H]5C[C@@H]4CN5CC4CCN(c5cnn(C6(C(=O)Nc7ccc(C(F)(F)F)cc7Cl)CCC6)c5)CC4)cc3C2=O)C(=O)N1. The largest absolute Gasteiger partial charge is 0.416 e. The van der Waals surface area contributed by atoms with Crippen LogP contribution in [0.5, 0.6) is 0 Å². The number of halogens is 4. The van der Waals surface area contributed by atoms with E-state index in [4.69, 9.17) is 11.6 Å². The van der Waals surface area contributed by atoms with Crippen LogP contribution in [-0.4, -0.2) is 100.0 Å². The molecule has 3 aromatic rings. The van der Waals surface area contributed by atoms with Gasteiger partial charge in [0.1, 0.15) is 11.6 Å². The Balaban J connectivity index is 0.781. The van der Waals surface area contributed by atoms with E-state index in [2.05, 4.69) is 30.4 Å². The molecule has 3 atom stereocenters. The predicted octanol–water partition coefficient (Wildman–Crippen LogP) is 4.65. The number of piperidine rings is 2. The van der Waals surface area contributed by atoms with Gasteiger partial charge in [-0.05, 0) is 87.3 Å². The van der Waals surface area contributed by atoms with Gasteiger partial charge in [0.05, 0.1) is 39.3 Å². The number of benzene rings is 2. The van der Waals surface area contributed by atoms with Crippen LogP contribution in [0.25, 0.3) is 0 Å². The lowest BCUT2D eigenvalue weighted by Gasteiger charge is -2.40. The first-order valence-corrected chi connectivity index (χ1v) is 19.5. The van der Waals surface area contributed by atoms with Crippen LogP contribution in [-0.2, 0) is 26.1 Å². The van der Waals surface area contributed by atoms with Crippen LogP contribution in [0.4, 0.5) is 30.2 Å². The fraction of sp³-hybridized carbons (Fsp3) is 0.487. The second kappa shape index (κ2) is 13.6. The molecule has 56 heavy (non-hydrogen) atoms. The highest BCUT2D eigenvalue weighted by Gasteiger charge is 2.49. The van der Waals surface area contributed by atoms with Gasteiger partial charge in [0, 0.05) is 63.1 Å². The van der Waals surface area contributed by atoms with Crippen LogP contribution < -0.4 is 20.4 Å². The van der Waals surface area contributed by atoms with Gasteiger partial charge >= 0.3 is 6.18 Å². The lowest BCUT2D eigenvalue weighted by Crippen LogP contribution is -2.54. The topological polar surface area (TPSA) is 140 Å². The van der Waals surface area contributed by atoms with Crippen molar-refractivity contribution >= 4 is 58.2 Å². The van der Waals surface area contributed by atoms with Crippen molar-refractivity contribution in [3.8, 4) is 0 Å². The van der Waals surface area contributed by atoms with Gasteiger partial charge in [-0.15, -0.1) is 0 Å². The lowest BCUT2D eigenvalue weighted by molar-refractivity contribution is -0.138. The zero-order valence-corrected chi connectivity index (χ0v) is 31.1. The van der Waals surface area contributed by atoms with E-state index in [1.165, 1.54) is 6.07 Å². The van der Waals surface area contributed by atoms with Crippen molar-refractivity contribution in [1.82, 2.24) is 24.9 Å². The van der Waals surface area contributed by atoms with Gasteiger partial charge < -0.3 is 15.1 Å². The van der Waals surface area contributed by atoms with Crippen LogP contribution in [0.1, 0.15) is 77.6 Å². The normalized spacial score (nSPS) is 25.1. The smallest absolute Gasteiger partial charge is 0.369 e. The summed E-state index contributed by atoms with van der Waals surface area (Å²) >= 11 is 6.13. The number of imide groups is 2. The molecular weight excluding hydrogens is 753 g/mol. The van der Waals surface area contributed by atoms with Gasteiger partial charge in [0.15, 0.2) is 0 Å². The van der Waals surface area contributed by atoms with Gasteiger partial charge in [0.25, 0.3) is 17.7 Å². The van der Waals surface area contributed by atoms with Crippen molar-refractivity contribution in [1.29, 1.82) is 0 Å². The summed E-state index contributed by atoms with van der Waals surface area (Å²) in [6.07, 6.45) is 4.31. The Hall–Kier alpha value is -4.96. The zero-order valence-electron chi connectivity index (χ0n) is 30.4. The van der Waals surface area contributed by atoms with E-state index in [-0.39, 0.29) is 41.1 Å². The number of anilines is 3. The van der Waals surface area contributed by atoms with Crippen LogP contribution in [0, 0.1) is 5.92 Å². The maximum Gasteiger partial charge on any atom is 0.416 e. The second-order valence-electron chi connectivity index (χ2n) is 15.9. The minimum Gasteiger partial charge on any atom is -0.369 e. The number of carbonyl (C=O) groups is 5. The Morgan fingerprint density at radius 1 is 0.946 bits per heavy atom. The van der Waals surface area contributed by atoms with Crippen molar-refractivity contribution in [3.05, 3.63) is 70.5 Å². The van der Waals surface area contributed by atoms with Gasteiger partial charge in [-0.25, -0.2) is 0 Å². The first-order valence-electron chi connectivity index (χ1n) is 19.1. The second-order valence-corrected chi connectivity index (χ2v) is 16.3. The third-order valence-electron chi connectivity index (χ3n) is 12.7. The van der Waals surface area contributed by atoms with Crippen molar-refractivity contribution in [3.63, 3.8) is 0 Å². The quantitative estimate of drug-likeness (QED) is 0.312. The molecule has 5 amide bonds. The van der Waals surface area contributed by atoms with Gasteiger partial charge in [0.2, 0.25) is 11.8 Å². The minimum atomic E-state index is -4.54. The van der Waals surface area contributed by atoms with Crippen LogP contribution >= 0.6 is 11.6 Å². The van der Waals surface area contributed by atoms with E-state index >= 15 is 0 Å². The van der Waals surface area contributed by atoms with Crippen LogP contribution in [0.3, 0.4) is 0 Å². The molecule has 9 rings (SSSR count). The fourth-order valence-electron chi connectivity index (χ4n) is 9.45. The molecule has 294 valence electrons. The van der Waals surface area contributed by atoms with E-state index in [9.17, 15) is 37.1 Å². The molecule has 6 heterocycles. The summed E-state index contributed by atoms with van der Waals surface area (Å²) in [5, 5.41) is 9.39. The number of nitrogens with one attached hydrogen (secondary N) is 2. The highest BCUT2D eigenvalue weighted by molar-refractivity contribution is 6.33. The average Bonchev–Trinajstić information content (AvgIpc) is 3.93. The van der Waals surface area contributed by atoms with E-state index in [1.54, 1.807) is 23.0 Å². The van der Waals surface area contributed by atoms with Crippen molar-refractivity contribution in [2.45, 2.75) is 81.2 Å². The summed E-state index contributed by atoms with van der Waals surface area (Å²) in [5.41, 5.74) is 0.706. The number of hydrogen-bond acceptors (Lipinski definition) is 9. The number of nitrogens with zero attached hydrogens (tertiary/aromatic N) is 6. The monoisotopic (exact) mass is 792 g/mol. The zero-order chi connectivity index (χ0) is 39.1. The molecule has 1 aromatic heterocycles. The molecule has 0 radical (unpaired) electrons. The first kappa shape index (κ1) is 36.7. The Kier molecular flexibility index (Phi) is 8.91. The van der Waals surface area contributed by atoms with Crippen LogP contribution in [0.2, 0.25) is 5.02 Å². The average molecular weight is 793 g/mol. The molecule has 2 N–H and O–H groups in total.